The van der Waals surface area contributed by atoms with E-state index in [0.29, 0.717) is 5.69 Å². The van der Waals surface area contributed by atoms with Crippen LogP contribution < -0.4 is 9.47 Å². The molecule has 0 spiro atoms. The van der Waals surface area contributed by atoms with Gasteiger partial charge in [-0.3, -0.25) is 0 Å². The van der Waals surface area contributed by atoms with Crippen LogP contribution in [0, 0.1) is 0 Å². The highest BCUT2D eigenvalue weighted by Gasteiger charge is 2.15. The number of aromatic nitrogens is 2. The highest BCUT2D eigenvalue weighted by atomic mass is 19.3. The molecule has 0 unspecified atom stereocenters. The minimum Gasteiger partial charge on any atom is -0.431 e. The van der Waals surface area contributed by atoms with Crippen LogP contribution in [0.5, 0.6) is 11.5 Å². The van der Waals surface area contributed by atoms with Crippen LogP contribution in [0.15, 0.2) is 36.7 Å². The summed E-state index contributed by atoms with van der Waals surface area (Å²) in [7, 11) is 0. The van der Waals surface area contributed by atoms with Gasteiger partial charge in [-0.25, -0.2) is 4.68 Å². The van der Waals surface area contributed by atoms with E-state index in [4.69, 9.17) is 0 Å². The molecule has 0 radical (unpaired) electrons. The molecule has 8 heteroatoms. The Morgan fingerprint density at radius 1 is 1.00 bits per heavy atom. The third kappa shape index (κ3) is 3.36. The molecule has 0 fully saturated rings. The summed E-state index contributed by atoms with van der Waals surface area (Å²) in [5, 5.41) is 3.88. The lowest BCUT2D eigenvalue weighted by Gasteiger charge is -2.13. The molecule has 1 aromatic carbocycles. The Hall–Kier alpha value is -2.25. The van der Waals surface area contributed by atoms with E-state index >= 15 is 0 Å². The Kier molecular flexibility index (Phi) is 3.88. The third-order valence-corrected chi connectivity index (χ3v) is 2.13. The van der Waals surface area contributed by atoms with Crippen LogP contribution in [-0.2, 0) is 0 Å². The van der Waals surface area contributed by atoms with Crippen molar-refractivity contribution in [3.05, 3.63) is 36.7 Å². The van der Waals surface area contributed by atoms with E-state index in [1.807, 2.05) is 0 Å². The summed E-state index contributed by atoms with van der Waals surface area (Å²) in [5.41, 5.74) is 0.377. The Morgan fingerprint density at radius 2 is 1.68 bits per heavy atom. The molecule has 0 bridgehead atoms. The second-order valence-electron chi connectivity index (χ2n) is 3.34. The number of nitrogens with zero attached hydrogens (tertiary/aromatic N) is 2. The smallest absolute Gasteiger partial charge is 0.387 e. The van der Waals surface area contributed by atoms with Crippen molar-refractivity contribution in [2.75, 3.05) is 0 Å². The first-order valence-corrected chi connectivity index (χ1v) is 5.10. The monoisotopic (exact) mass is 276 g/mol. The van der Waals surface area contributed by atoms with Crippen LogP contribution in [0.4, 0.5) is 17.6 Å². The summed E-state index contributed by atoms with van der Waals surface area (Å²) in [6.07, 6.45) is 3.05. The van der Waals surface area contributed by atoms with Crippen LogP contribution >= 0.6 is 0 Å². The van der Waals surface area contributed by atoms with E-state index < -0.39 is 24.7 Å². The first-order valence-electron chi connectivity index (χ1n) is 5.10. The zero-order valence-corrected chi connectivity index (χ0v) is 9.34. The zero-order valence-electron chi connectivity index (χ0n) is 9.34. The zero-order chi connectivity index (χ0) is 13.8. The lowest BCUT2D eigenvalue weighted by molar-refractivity contribution is -0.0692. The number of ether oxygens (including phenoxy) is 2. The molecule has 0 atom stereocenters. The standard InChI is InChI=1S/C11H8F4N2O2/c12-10(13)18-8-3-2-7(17-5-1-4-16-17)6-9(8)19-11(14)15/h1-6,10-11H. The first-order chi connectivity index (χ1) is 9.06. The number of rotatable bonds is 5. The van der Waals surface area contributed by atoms with E-state index in [2.05, 4.69) is 14.6 Å². The van der Waals surface area contributed by atoms with Crippen molar-refractivity contribution in [1.82, 2.24) is 9.78 Å². The number of alkyl halides is 4. The van der Waals surface area contributed by atoms with Gasteiger partial charge in [0.15, 0.2) is 11.5 Å². The molecule has 1 aromatic heterocycles. The van der Waals surface area contributed by atoms with Crippen molar-refractivity contribution in [1.29, 1.82) is 0 Å². The normalized spacial score (nSPS) is 11.1. The van der Waals surface area contributed by atoms with Gasteiger partial charge in [0.2, 0.25) is 0 Å². The summed E-state index contributed by atoms with van der Waals surface area (Å²) in [6.45, 7) is -6.27. The van der Waals surface area contributed by atoms with E-state index in [-0.39, 0.29) is 0 Å². The van der Waals surface area contributed by atoms with E-state index in [1.54, 1.807) is 12.3 Å². The Balaban J connectivity index is 2.35. The lowest BCUT2D eigenvalue weighted by Crippen LogP contribution is -2.08. The van der Waals surface area contributed by atoms with Crippen molar-refractivity contribution in [2.24, 2.45) is 0 Å². The lowest BCUT2D eigenvalue weighted by atomic mass is 10.3. The summed E-state index contributed by atoms with van der Waals surface area (Å²) in [4.78, 5) is 0. The average Bonchev–Trinajstić information content (AvgIpc) is 2.83. The fraction of sp³-hybridized carbons (Fsp3) is 0.182. The molecule has 2 aromatic rings. The number of halogens is 4. The minimum absolute atomic E-state index is 0.377. The highest BCUT2D eigenvalue weighted by molar-refractivity contribution is 5.48. The summed E-state index contributed by atoms with van der Waals surface area (Å²) >= 11 is 0. The first kappa shape index (κ1) is 13.2. The molecule has 0 amide bonds. The quantitative estimate of drug-likeness (QED) is 0.787. The molecule has 19 heavy (non-hydrogen) atoms. The van der Waals surface area contributed by atoms with Gasteiger partial charge in [0.05, 0.1) is 5.69 Å². The van der Waals surface area contributed by atoms with Gasteiger partial charge in [-0.15, -0.1) is 0 Å². The van der Waals surface area contributed by atoms with Gasteiger partial charge in [0.25, 0.3) is 0 Å². The van der Waals surface area contributed by atoms with Crippen molar-refractivity contribution < 1.29 is 27.0 Å². The molecular weight excluding hydrogens is 268 g/mol. The van der Waals surface area contributed by atoms with Gasteiger partial charge in [-0.05, 0) is 18.2 Å². The molecule has 0 aliphatic rings. The van der Waals surface area contributed by atoms with Crippen LogP contribution in [0.3, 0.4) is 0 Å². The average molecular weight is 276 g/mol. The molecule has 4 nitrogen and oxygen atoms in total. The maximum Gasteiger partial charge on any atom is 0.387 e. The van der Waals surface area contributed by atoms with Crippen LogP contribution in [0.25, 0.3) is 5.69 Å². The Labute approximate surface area is 105 Å². The van der Waals surface area contributed by atoms with Crippen molar-refractivity contribution in [2.45, 2.75) is 13.2 Å². The Bertz CT molecular complexity index is 531. The molecule has 0 saturated carbocycles. The fourth-order valence-corrected chi connectivity index (χ4v) is 1.44. The number of hydrogen-bond donors (Lipinski definition) is 0. The molecule has 0 N–H and O–H groups in total. The second-order valence-corrected chi connectivity index (χ2v) is 3.34. The molecule has 1 heterocycles. The number of benzene rings is 1. The maximum absolute atomic E-state index is 12.2. The van der Waals surface area contributed by atoms with Gasteiger partial charge in [-0.1, -0.05) is 0 Å². The molecule has 0 aliphatic heterocycles. The van der Waals surface area contributed by atoms with Crippen LogP contribution in [0.1, 0.15) is 0 Å². The maximum atomic E-state index is 12.2. The SMILES string of the molecule is FC(F)Oc1ccc(-n2cccn2)cc1OC(F)F. The van der Waals surface area contributed by atoms with E-state index in [9.17, 15) is 17.6 Å². The topological polar surface area (TPSA) is 36.3 Å². The second kappa shape index (κ2) is 5.59. The predicted octanol–water partition coefficient (Wildman–Crippen LogP) is 3.08. The van der Waals surface area contributed by atoms with Gasteiger partial charge in [0.1, 0.15) is 0 Å². The fourth-order valence-electron chi connectivity index (χ4n) is 1.44. The molecule has 0 aliphatic carbocycles. The predicted molar refractivity (Wildman–Crippen MR) is 56.8 cm³/mol. The summed E-state index contributed by atoms with van der Waals surface area (Å²) < 4.78 is 58.3. The molecule has 2 rings (SSSR count). The van der Waals surface area contributed by atoms with Crippen molar-refractivity contribution in [3.63, 3.8) is 0 Å². The molecular formula is C11H8F4N2O2. The largest absolute Gasteiger partial charge is 0.431 e. The van der Waals surface area contributed by atoms with E-state index in [0.717, 1.165) is 12.1 Å². The highest BCUT2D eigenvalue weighted by Crippen LogP contribution is 2.32. The third-order valence-electron chi connectivity index (χ3n) is 2.13. The molecule has 102 valence electrons. The van der Waals surface area contributed by atoms with E-state index in [1.165, 1.54) is 16.9 Å². The summed E-state index contributed by atoms with van der Waals surface area (Å²) in [6, 6.07) is 5.26. The van der Waals surface area contributed by atoms with Crippen LogP contribution in [0.2, 0.25) is 0 Å². The molecule has 0 saturated heterocycles. The minimum atomic E-state index is -3.15. The number of hydrogen-bond acceptors (Lipinski definition) is 3. The summed E-state index contributed by atoms with van der Waals surface area (Å²) in [5.74, 6) is -0.950. The van der Waals surface area contributed by atoms with Gasteiger partial charge >= 0.3 is 13.2 Å². The van der Waals surface area contributed by atoms with Gasteiger partial charge < -0.3 is 9.47 Å². The van der Waals surface area contributed by atoms with Gasteiger partial charge in [0, 0.05) is 18.5 Å². The Morgan fingerprint density at radius 3 is 2.26 bits per heavy atom. The van der Waals surface area contributed by atoms with Crippen molar-refractivity contribution in [3.8, 4) is 17.2 Å². The van der Waals surface area contributed by atoms with Gasteiger partial charge in [-0.2, -0.15) is 22.7 Å². The van der Waals surface area contributed by atoms with Crippen LogP contribution in [-0.4, -0.2) is 23.0 Å². The van der Waals surface area contributed by atoms with Crippen molar-refractivity contribution >= 4 is 0 Å².